The summed E-state index contributed by atoms with van der Waals surface area (Å²) < 4.78 is 5.16. The van der Waals surface area contributed by atoms with Crippen LogP contribution < -0.4 is 5.73 Å². The van der Waals surface area contributed by atoms with Crippen molar-refractivity contribution in [2.24, 2.45) is 5.73 Å². The van der Waals surface area contributed by atoms with Crippen LogP contribution in [0.3, 0.4) is 0 Å². The van der Waals surface area contributed by atoms with E-state index in [0.717, 1.165) is 0 Å². The third kappa shape index (κ3) is 1.35. The molecule has 0 aromatic carbocycles. The molecule has 0 bridgehead atoms. The van der Waals surface area contributed by atoms with Gasteiger partial charge in [0.2, 0.25) is 0 Å². The summed E-state index contributed by atoms with van der Waals surface area (Å²) in [7, 11) is 0. The minimum atomic E-state index is -1.82. The highest BCUT2D eigenvalue weighted by Crippen LogP contribution is 2.47. The van der Waals surface area contributed by atoms with Crippen molar-refractivity contribution in [2.45, 2.75) is 56.3 Å². The molecule has 6 N–H and O–H groups in total. The van der Waals surface area contributed by atoms with Crippen LogP contribution in [0.25, 0.3) is 0 Å². The standard InChI is InChI=1S/C10H21NO5/c1-7(5-12)9(3,14)10(4,15)8(2,11)6(13)16-7/h6,12-15H,5,11H2,1-4H3. The molecule has 0 spiro atoms. The number of ether oxygens (including phenoxy) is 1. The zero-order chi connectivity index (χ0) is 13.0. The Morgan fingerprint density at radius 2 is 1.56 bits per heavy atom. The summed E-state index contributed by atoms with van der Waals surface area (Å²) in [5.74, 6) is 0. The van der Waals surface area contributed by atoms with Gasteiger partial charge in [0.1, 0.15) is 16.8 Å². The summed E-state index contributed by atoms with van der Waals surface area (Å²) >= 11 is 0. The predicted molar refractivity (Wildman–Crippen MR) is 56.4 cm³/mol. The van der Waals surface area contributed by atoms with Crippen molar-refractivity contribution >= 4 is 0 Å². The van der Waals surface area contributed by atoms with Gasteiger partial charge in [-0.05, 0) is 27.7 Å². The molecule has 1 heterocycles. The maximum absolute atomic E-state index is 10.3. The van der Waals surface area contributed by atoms with Crippen molar-refractivity contribution in [1.29, 1.82) is 0 Å². The molecule has 1 rings (SSSR count). The molecule has 1 saturated heterocycles. The number of hydrogen-bond acceptors (Lipinski definition) is 6. The van der Waals surface area contributed by atoms with Gasteiger partial charge in [-0.15, -0.1) is 0 Å². The van der Waals surface area contributed by atoms with Crippen LogP contribution in [0.5, 0.6) is 0 Å². The minimum Gasteiger partial charge on any atom is -0.393 e. The van der Waals surface area contributed by atoms with Gasteiger partial charge in [0.15, 0.2) is 6.29 Å². The molecule has 0 radical (unpaired) electrons. The predicted octanol–water partition coefficient (Wildman–Crippen LogP) is -1.69. The topological polar surface area (TPSA) is 116 Å². The van der Waals surface area contributed by atoms with E-state index in [1.807, 2.05) is 0 Å². The van der Waals surface area contributed by atoms with E-state index in [4.69, 9.17) is 10.5 Å². The third-order valence-electron chi connectivity index (χ3n) is 4.21. The molecule has 0 aromatic rings. The van der Waals surface area contributed by atoms with Crippen LogP contribution in [0.15, 0.2) is 0 Å². The second-order valence-electron chi connectivity index (χ2n) is 5.29. The maximum atomic E-state index is 10.3. The first-order valence-electron chi connectivity index (χ1n) is 5.14. The molecule has 1 aliphatic rings. The molecule has 5 atom stereocenters. The smallest absolute Gasteiger partial charge is 0.176 e. The largest absolute Gasteiger partial charge is 0.393 e. The Kier molecular flexibility index (Phi) is 2.92. The van der Waals surface area contributed by atoms with Crippen molar-refractivity contribution in [1.82, 2.24) is 0 Å². The van der Waals surface area contributed by atoms with Crippen LogP contribution in [0.1, 0.15) is 27.7 Å². The second kappa shape index (κ2) is 3.38. The fourth-order valence-corrected chi connectivity index (χ4v) is 1.95. The Morgan fingerprint density at radius 3 is 1.94 bits per heavy atom. The highest BCUT2D eigenvalue weighted by molar-refractivity contribution is 5.19. The van der Waals surface area contributed by atoms with E-state index in [9.17, 15) is 20.4 Å². The molecule has 5 unspecified atom stereocenters. The molecular weight excluding hydrogens is 214 g/mol. The monoisotopic (exact) mass is 235 g/mol. The Morgan fingerprint density at radius 1 is 1.12 bits per heavy atom. The third-order valence-corrected chi connectivity index (χ3v) is 4.21. The fourth-order valence-electron chi connectivity index (χ4n) is 1.95. The van der Waals surface area contributed by atoms with Crippen LogP contribution in [0, 0.1) is 0 Å². The normalized spacial score (nSPS) is 58.7. The first-order chi connectivity index (χ1) is 6.94. The lowest BCUT2D eigenvalue weighted by atomic mass is 9.62. The molecule has 1 fully saturated rings. The summed E-state index contributed by atoms with van der Waals surface area (Å²) in [6.45, 7) is 4.86. The van der Waals surface area contributed by atoms with E-state index >= 15 is 0 Å². The molecule has 0 saturated carbocycles. The van der Waals surface area contributed by atoms with Crippen molar-refractivity contribution in [3.8, 4) is 0 Å². The van der Waals surface area contributed by atoms with Crippen LogP contribution in [0.2, 0.25) is 0 Å². The quantitative estimate of drug-likeness (QED) is 0.370. The van der Waals surface area contributed by atoms with Gasteiger partial charge in [-0.25, -0.2) is 0 Å². The van der Waals surface area contributed by atoms with Crippen LogP contribution in [-0.4, -0.2) is 55.7 Å². The number of nitrogens with two attached hydrogens (primary N) is 1. The van der Waals surface area contributed by atoms with Gasteiger partial charge in [0.05, 0.1) is 12.1 Å². The summed E-state index contributed by atoms with van der Waals surface area (Å²) in [6.07, 6.45) is -1.49. The Labute approximate surface area is 94.6 Å². The van der Waals surface area contributed by atoms with Gasteiger partial charge in [-0.3, -0.25) is 0 Å². The van der Waals surface area contributed by atoms with E-state index in [1.165, 1.54) is 27.7 Å². The average Bonchev–Trinajstić information content (AvgIpc) is 2.14. The first kappa shape index (κ1) is 13.8. The summed E-state index contributed by atoms with van der Waals surface area (Å²) in [6, 6.07) is 0. The lowest BCUT2D eigenvalue weighted by molar-refractivity contribution is -0.372. The SMILES string of the molecule is CC1(CO)OC(O)C(C)(N)C(C)(O)C1(C)O. The van der Waals surface area contributed by atoms with Crippen molar-refractivity contribution in [2.75, 3.05) is 6.61 Å². The van der Waals surface area contributed by atoms with Crippen molar-refractivity contribution in [3.05, 3.63) is 0 Å². The van der Waals surface area contributed by atoms with Gasteiger partial charge in [-0.1, -0.05) is 0 Å². The first-order valence-corrected chi connectivity index (χ1v) is 5.14. The molecular formula is C10H21NO5. The van der Waals surface area contributed by atoms with Gasteiger partial charge in [0, 0.05) is 0 Å². The molecule has 16 heavy (non-hydrogen) atoms. The van der Waals surface area contributed by atoms with E-state index in [-0.39, 0.29) is 0 Å². The van der Waals surface area contributed by atoms with E-state index in [2.05, 4.69) is 0 Å². The average molecular weight is 235 g/mol. The van der Waals surface area contributed by atoms with Gasteiger partial charge >= 0.3 is 0 Å². The lowest BCUT2D eigenvalue weighted by Crippen LogP contribution is -2.83. The fraction of sp³-hybridized carbons (Fsp3) is 1.00. The number of rotatable bonds is 1. The Bertz CT molecular complexity index is 283. The highest BCUT2D eigenvalue weighted by Gasteiger charge is 2.68. The highest BCUT2D eigenvalue weighted by atomic mass is 16.6. The molecule has 96 valence electrons. The number of aliphatic hydroxyl groups is 4. The minimum absolute atomic E-state index is 0.552. The van der Waals surface area contributed by atoms with E-state index in [1.54, 1.807) is 0 Å². The molecule has 6 heteroatoms. The van der Waals surface area contributed by atoms with Gasteiger partial charge < -0.3 is 30.9 Å². The summed E-state index contributed by atoms with van der Waals surface area (Å²) in [5.41, 5.74) is -0.890. The second-order valence-corrected chi connectivity index (χ2v) is 5.29. The van der Waals surface area contributed by atoms with E-state index in [0.29, 0.717) is 0 Å². The zero-order valence-corrected chi connectivity index (χ0v) is 10.1. The molecule has 0 amide bonds. The van der Waals surface area contributed by atoms with Crippen LogP contribution >= 0.6 is 0 Å². The number of hydrogen-bond donors (Lipinski definition) is 5. The Balaban J connectivity index is 3.32. The number of aliphatic hydroxyl groups excluding tert-OH is 2. The molecule has 0 aromatic heterocycles. The molecule has 6 nitrogen and oxygen atoms in total. The van der Waals surface area contributed by atoms with Gasteiger partial charge in [0.25, 0.3) is 0 Å². The summed E-state index contributed by atoms with van der Waals surface area (Å²) in [4.78, 5) is 0. The van der Waals surface area contributed by atoms with Gasteiger partial charge in [-0.2, -0.15) is 0 Å². The maximum Gasteiger partial charge on any atom is 0.176 e. The van der Waals surface area contributed by atoms with Crippen molar-refractivity contribution < 1.29 is 25.2 Å². The van der Waals surface area contributed by atoms with Crippen molar-refractivity contribution in [3.63, 3.8) is 0 Å². The summed E-state index contributed by atoms with van der Waals surface area (Å²) in [5, 5.41) is 39.7. The molecule has 0 aliphatic carbocycles. The van der Waals surface area contributed by atoms with E-state index < -0.39 is 35.2 Å². The van der Waals surface area contributed by atoms with Crippen LogP contribution in [-0.2, 0) is 4.74 Å². The zero-order valence-electron chi connectivity index (χ0n) is 10.1. The van der Waals surface area contributed by atoms with Crippen LogP contribution in [0.4, 0.5) is 0 Å². The Hall–Kier alpha value is -0.240. The lowest BCUT2D eigenvalue weighted by Gasteiger charge is -2.61. The molecule has 1 aliphatic heterocycles.